The lowest BCUT2D eigenvalue weighted by Gasteiger charge is -2.13. The van der Waals surface area contributed by atoms with Crippen LogP contribution in [-0.2, 0) is 4.79 Å². The maximum absolute atomic E-state index is 13.0. The summed E-state index contributed by atoms with van der Waals surface area (Å²) in [6.07, 6.45) is 6.02. The summed E-state index contributed by atoms with van der Waals surface area (Å²) in [7, 11) is 0. The highest BCUT2D eigenvalue weighted by atomic mass is 19.1. The monoisotopic (exact) mass is 280 g/mol. The standard InChI is InChI=1S/C16H25FN2O/c1-3-4-5-6-8-13(2)18-12-16(20)19-15-10-7-9-14(17)11-15/h7,9-11,13,18H,3-6,8,12H2,1-2H3,(H,19,20). The van der Waals surface area contributed by atoms with Gasteiger partial charge in [0.25, 0.3) is 0 Å². The predicted octanol–water partition coefficient (Wildman–Crippen LogP) is 3.71. The van der Waals surface area contributed by atoms with E-state index in [4.69, 9.17) is 0 Å². The number of nitrogens with one attached hydrogen (secondary N) is 2. The Morgan fingerprint density at radius 3 is 2.80 bits per heavy atom. The molecule has 1 aromatic rings. The highest BCUT2D eigenvalue weighted by molar-refractivity contribution is 5.92. The third-order valence-corrected chi connectivity index (χ3v) is 3.21. The first-order valence-electron chi connectivity index (χ1n) is 7.40. The second-order valence-corrected chi connectivity index (χ2v) is 5.19. The third kappa shape index (κ3) is 7.24. The molecule has 0 aliphatic rings. The number of hydrogen-bond donors (Lipinski definition) is 2. The van der Waals surface area contributed by atoms with Crippen molar-refractivity contribution >= 4 is 11.6 Å². The summed E-state index contributed by atoms with van der Waals surface area (Å²) >= 11 is 0. The van der Waals surface area contributed by atoms with Crippen LogP contribution in [0.3, 0.4) is 0 Å². The van der Waals surface area contributed by atoms with Gasteiger partial charge in [-0.15, -0.1) is 0 Å². The number of rotatable bonds is 9. The molecule has 112 valence electrons. The topological polar surface area (TPSA) is 41.1 Å². The van der Waals surface area contributed by atoms with E-state index in [2.05, 4.69) is 24.5 Å². The Morgan fingerprint density at radius 2 is 2.10 bits per heavy atom. The summed E-state index contributed by atoms with van der Waals surface area (Å²) in [5.74, 6) is -0.490. The van der Waals surface area contributed by atoms with Crippen molar-refractivity contribution in [1.82, 2.24) is 5.32 Å². The fourth-order valence-corrected chi connectivity index (χ4v) is 2.02. The summed E-state index contributed by atoms with van der Waals surface area (Å²) < 4.78 is 13.0. The molecule has 0 saturated carbocycles. The molecule has 1 atom stereocenters. The minimum absolute atomic E-state index is 0.143. The van der Waals surface area contributed by atoms with E-state index in [1.807, 2.05) is 0 Å². The molecule has 0 radical (unpaired) electrons. The van der Waals surface area contributed by atoms with E-state index < -0.39 is 0 Å². The maximum Gasteiger partial charge on any atom is 0.238 e. The van der Waals surface area contributed by atoms with Crippen molar-refractivity contribution in [2.45, 2.75) is 52.0 Å². The Morgan fingerprint density at radius 1 is 1.30 bits per heavy atom. The van der Waals surface area contributed by atoms with Gasteiger partial charge in [-0.2, -0.15) is 0 Å². The average molecular weight is 280 g/mol. The summed E-state index contributed by atoms with van der Waals surface area (Å²) in [6, 6.07) is 6.24. The van der Waals surface area contributed by atoms with Crippen molar-refractivity contribution in [1.29, 1.82) is 0 Å². The molecule has 0 fully saturated rings. The molecule has 2 N–H and O–H groups in total. The zero-order valence-electron chi connectivity index (χ0n) is 12.4. The minimum Gasteiger partial charge on any atom is -0.325 e. The summed E-state index contributed by atoms with van der Waals surface area (Å²) in [5, 5.41) is 5.86. The molecule has 0 saturated heterocycles. The van der Waals surface area contributed by atoms with Gasteiger partial charge in [0, 0.05) is 11.7 Å². The van der Waals surface area contributed by atoms with Crippen LogP contribution in [0.15, 0.2) is 24.3 Å². The Balaban J connectivity index is 2.19. The molecule has 0 aliphatic carbocycles. The first kappa shape index (κ1) is 16.6. The summed E-state index contributed by atoms with van der Waals surface area (Å²) in [6.45, 7) is 4.53. The smallest absolute Gasteiger partial charge is 0.238 e. The van der Waals surface area contributed by atoms with E-state index in [1.54, 1.807) is 12.1 Å². The Labute approximate surface area is 121 Å². The fourth-order valence-electron chi connectivity index (χ4n) is 2.02. The van der Waals surface area contributed by atoms with Crippen LogP contribution in [0.4, 0.5) is 10.1 Å². The van der Waals surface area contributed by atoms with Gasteiger partial charge < -0.3 is 10.6 Å². The molecule has 20 heavy (non-hydrogen) atoms. The molecule has 0 aromatic heterocycles. The largest absolute Gasteiger partial charge is 0.325 e. The molecular weight excluding hydrogens is 255 g/mol. The van der Waals surface area contributed by atoms with Crippen molar-refractivity contribution in [2.24, 2.45) is 0 Å². The molecule has 3 nitrogen and oxygen atoms in total. The van der Waals surface area contributed by atoms with Gasteiger partial charge in [-0.25, -0.2) is 4.39 Å². The van der Waals surface area contributed by atoms with Gasteiger partial charge >= 0.3 is 0 Å². The van der Waals surface area contributed by atoms with Crippen molar-refractivity contribution < 1.29 is 9.18 Å². The van der Waals surface area contributed by atoms with Crippen LogP contribution in [0.5, 0.6) is 0 Å². The fraction of sp³-hybridized carbons (Fsp3) is 0.562. The van der Waals surface area contributed by atoms with Crippen LogP contribution in [0, 0.1) is 5.82 Å². The Hall–Kier alpha value is -1.42. The van der Waals surface area contributed by atoms with Crippen molar-refractivity contribution in [3.05, 3.63) is 30.1 Å². The number of hydrogen-bond acceptors (Lipinski definition) is 2. The van der Waals surface area contributed by atoms with Gasteiger partial charge in [0.05, 0.1) is 6.54 Å². The van der Waals surface area contributed by atoms with E-state index in [1.165, 1.54) is 37.8 Å². The second kappa shape index (κ2) is 9.48. The SMILES string of the molecule is CCCCCCC(C)NCC(=O)Nc1cccc(F)c1. The van der Waals surface area contributed by atoms with Crippen LogP contribution in [0.1, 0.15) is 46.0 Å². The lowest BCUT2D eigenvalue weighted by molar-refractivity contribution is -0.115. The molecule has 1 rings (SSSR count). The normalized spacial score (nSPS) is 12.2. The zero-order valence-corrected chi connectivity index (χ0v) is 12.4. The van der Waals surface area contributed by atoms with Gasteiger partial charge in [0.2, 0.25) is 5.91 Å². The number of amides is 1. The quantitative estimate of drug-likeness (QED) is 0.677. The predicted molar refractivity (Wildman–Crippen MR) is 81.3 cm³/mol. The molecule has 0 heterocycles. The molecular formula is C16H25FN2O. The van der Waals surface area contributed by atoms with E-state index in [-0.39, 0.29) is 18.3 Å². The lowest BCUT2D eigenvalue weighted by atomic mass is 10.1. The van der Waals surface area contributed by atoms with E-state index in [0.29, 0.717) is 11.7 Å². The molecule has 0 aliphatic heterocycles. The van der Waals surface area contributed by atoms with Crippen molar-refractivity contribution in [2.75, 3.05) is 11.9 Å². The van der Waals surface area contributed by atoms with Gasteiger partial charge in [-0.3, -0.25) is 4.79 Å². The van der Waals surface area contributed by atoms with Crippen LogP contribution in [0.2, 0.25) is 0 Å². The number of unbranched alkanes of at least 4 members (excludes halogenated alkanes) is 3. The van der Waals surface area contributed by atoms with Crippen LogP contribution < -0.4 is 10.6 Å². The summed E-state index contributed by atoms with van der Waals surface area (Å²) in [4.78, 5) is 11.7. The van der Waals surface area contributed by atoms with E-state index in [0.717, 1.165) is 6.42 Å². The van der Waals surface area contributed by atoms with Gasteiger partial charge in [0.15, 0.2) is 0 Å². The number of benzene rings is 1. The Bertz CT molecular complexity index is 409. The Kier molecular flexibility index (Phi) is 7.88. The molecule has 0 bridgehead atoms. The third-order valence-electron chi connectivity index (χ3n) is 3.21. The number of carbonyl (C=O) groups is 1. The molecule has 1 aromatic carbocycles. The highest BCUT2D eigenvalue weighted by Gasteiger charge is 2.06. The van der Waals surface area contributed by atoms with E-state index >= 15 is 0 Å². The van der Waals surface area contributed by atoms with Crippen molar-refractivity contribution in [3.63, 3.8) is 0 Å². The zero-order chi connectivity index (χ0) is 14.8. The molecule has 0 spiro atoms. The summed E-state index contributed by atoms with van der Waals surface area (Å²) in [5.41, 5.74) is 0.493. The highest BCUT2D eigenvalue weighted by Crippen LogP contribution is 2.09. The molecule has 1 amide bonds. The van der Waals surface area contributed by atoms with Gasteiger partial charge in [-0.1, -0.05) is 38.7 Å². The average Bonchev–Trinajstić information content (AvgIpc) is 2.41. The van der Waals surface area contributed by atoms with Gasteiger partial charge in [0.1, 0.15) is 5.82 Å². The van der Waals surface area contributed by atoms with Crippen LogP contribution >= 0.6 is 0 Å². The second-order valence-electron chi connectivity index (χ2n) is 5.19. The van der Waals surface area contributed by atoms with E-state index in [9.17, 15) is 9.18 Å². The first-order valence-corrected chi connectivity index (χ1v) is 7.40. The number of halogens is 1. The molecule has 1 unspecified atom stereocenters. The van der Waals surface area contributed by atoms with Gasteiger partial charge in [-0.05, 0) is 31.5 Å². The van der Waals surface area contributed by atoms with Crippen LogP contribution in [-0.4, -0.2) is 18.5 Å². The lowest BCUT2D eigenvalue weighted by Crippen LogP contribution is -2.34. The number of anilines is 1. The molecule has 4 heteroatoms. The number of carbonyl (C=O) groups excluding carboxylic acids is 1. The maximum atomic E-state index is 13.0. The van der Waals surface area contributed by atoms with Crippen molar-refractivity contribution in [3.8, 4) is 0 Å². The van der Waals surface area contributed by atoms with Crippen LogP contribution in [0.25, 0.3) is 0 Å². The first-order chi connectivity index (χ1) is 9.61. The minimum atomic E-state index is -0.347.